The van der Waals surface area contributed by atoms with Crippen LogP contribution in [0.4, 0.5) is 11.4 Å². The molecule has 3 N–H and O–H groups in total. The minimum absolute atomic E-state index is 0.115. The highest BCUT2D eigenvalue weighted by atomic mass is 16.2. The van der Waals surface area contributed by atoms with Crippen molar-refractivity contribution in [1.82, 2.24) is 5.32 Å². The van der Waals surface area contributed by atoms with Crippen LogP contribution < -0.4 is 16.0 Å². The van der Waals surface area contributed by atoms with E-state index in [1.165, 1.54) is 6.92 Å². The van der Waals surface area contributed by atoms with E-state index < -0.39 is 0 Å². The van der Waals surface area contributed by atoms with E-state index >= 15 is 0 Å². The normalized spacial score (nSPS) is 9.82. The van der Waals surface area contributed by atoms with Crippen LogP contribution in [-0.4, -0.2) is 25.4 Å². The summed E-state index contributed by atoms with van der Waals surface area (Å²) in [5, 5.41) is 8.26. The number of hydrogen-bond donors (Lipinski definition) is 3. The SMILES string of the molecule is CNCC(=O)Nc1cccc(NC(C)=O)c1C. The van der Waals surface area contributed by atoms with Crippen molar-refractivity contribution in [2.45, 2.75) is 13.8 Å². The zero-order chi connectivity index (χ0) is 12.8. The van der Waals surface area contributed by atoms with Crippen molar-refractivity contribution in [1.29, 1.82) is 0 Å². The first-order chi connectivity index (χ1) is 8.04. The lowest BCUT2D eigenvalue weighted by molar-refractivity contribution is -0.115. The minimum atomic E-state index is -0.133. The average molecular weight is 235 g/mol. The summed E-state index contributed by atoms with van der Waals surface area (Å²) in [4.78, 5) is 22.4. The lowest BCUT2D eigenvalue weighted by Crippen LogP contribution is -2.25. The molecule has 1 rings (SSSR count). The van der Waals surface area contributed by atoms with Crippen LogP contribution in [0, 0.1) is 6.92 Å². The number of amides is 2. The average Bonchev–Trinajstić information content (AvgIpc) is 2.23. The summed E-state index contributed by atoms with van der Waals surface area (Å²) in [6.45, 7) is 3.55. The number of anilines is 2. The highest BCUT2D eigenvalue weighted by molar-refractivity contribution is 5.95. The van der Waals surface area contributed by atoms with Gasteiger partial charge in [0, 0.05) is 18.3 Å². The van der Waals surface area contributed by atoms with Gasteiger partial charge >= 0.3 is 0 Å². The highest BCUT2D eigenvalue weighted by Gasteiger charge is 2.07. The molecule has 0 fully saturated rings. The molecule has 0 saturated heterocycles. The van der Waals surface area contributed by atoms with Gasteiger partial charge in [0.2, 0.25) is 11.8 Å². The van der Waals surface area contributed by atoms with E-state index in [-0.39, 0.29) is 18.4 Å². The summed E-state index contributed by atoms with van der Waals surface area (Å²) in [5.74, 6) is -0.248. The molecule has 0 aliphatic heterocycles. The largest absolute Gasteiger partial charge is 0.326 e. The number of carbonyl (C=O) groups excluding carboxylic acids is 2. The van der Waals surface area contributed by atoms with Crippen molar-refractivity contribution >= 4 is 23.2 Å². The van der Waals surface area contributed by atoms with Crippen molar-refractivity contribution in [3.63, 3.8) is 0 Å². The van der Waals surface area contributed by atoms with E-state index in [1.54, 1.807) is 25.2 Å². The molecule has 0 unspecified atom stereocenters. The smallest absolute Gasteiger partial charge is 0.238 e. The molecule has 92 valence electrons. The predicted octanol–water partition coefficient (Wildman–Crippen LogP) is 1.11. The molecule has 1 aromatic carbocycles. The van der Waals surface area contributed by atoms with Gasteiger partial charge in [-0.05, 0) is 31.7 Å². The van der Waals surface area contributed by atoms with Crippen LogP contribution in [0.2, 0.25) is 0 Å². The molecular formula is C12H17N3O2. The molecule has 0 atom stereocenters. The van der Waals surface area contributed by atoms with Crippen LogP contribution in [-0.2, 0) is 9.59 Å². The lowest BCUT2D eigenvalue weighted by Gasteiger charge is -2.12. The highest BCUT2D eigenvalue weighted by Crippen LogP contribution is 2.23. The van der Waals surface area contributed by atoms with E-state index in [0.717, 1.165) is 5.56 Å². The van der Waals surface area contributed by atoms with Crippen LogP contribution in [0.1, 0.15) is 12.5 Å². The van der Waals surface area contributed by atoms with Crippen molar-refractivity contribution in [3.8, 4) is 0 Å². The van der Waals surface area contributed by atoms with Gasteiger partial charge in [-0.25, -0.2) is 0 Å². The number of likely N-dealkylation sites (N-methyl/N-ethyl adjacent to an activating group) is 1. The van der Waals surface area contributed by atoms with Crippen LogP contribution in [0.3, 0.4) is 0 Å². The Hall–Kier alpha value is -1.88. The second kappa shape index (κ2) is 6.00. The fraction of sp³-hybridized carbons (Fsp3) is 0.333. The molecule has 0 aliphatic rings. The fourth-order valence-electron chi connectivity index (χ4n) is 1.45. The van der Waals surface area contributed by atoms with Gasteiger partial charge in [0.15, 0.2) is 0 Å². The maximum Gasteiger partial charge on any atom is 0.238 e. The Kier molecular flexibility index (Phi) is 4.66. The molecule has 17 heavy (non-hydrogen) atoms. The van der Waals surface area contributed by atoms with E-state index in [4.69, 9.17) is 0 Å². The molecule has 2 amide bonds. The van der Waals surface area contributed by atoms with Gasteiger partial charge in [-0.15, -0.1) is 0 Å². The van der Waals surface area contributed by atoms with E-state index in [1.807, 2.05) is 6.92 Å². The maximum atomic E-state index is 11.4. The maximum absolute atomic E-state index is 11.4. The van der Waals surface area contributed by atoms with Gasteiger partial charge in [0.1, 0.15) is 0 Å². The summed E-state index contributed by atoms with van der Waals surface area (Å²) in [5.41, 5.74) is 2.25. The first-order valence-electron chi connectivity index (χ1n) is 5.36. The third-order valence-electron chi connectivity index (χ3n) is 2.26. The van der Waals surface area contributed by atoms with E-state index in [2.05, 4.69) is 16.0 Å². The summed E-state index contributed by atoms with van der Waals surface area (Å²) in [7, 11) is 1.71. The Balaban J connectivity index is 2.86. The molecular weight excluding hydrogens is 218 g/mol. The number of rotatable bonds is 4. The van der Waals surface area contributed by atoms with Crippen molar-refractivity contribution in [3.05, 3.63) is 23.8 Å². The molecule has 0 radical (unpaired) electrons. The molecule has 0 spiro atoms. The van der Waals surface area contributed by atoms with Gasteiger partial charge in [0.25, 0.3) is 0 Å². The Labute approximate surface area is 101 Å². The third-order valence-corrected chi connectivity index (χ3v) is 2.26. The summed E-state index contributed by atoms with van der Waals surface area (Å²) >= 11 is 0. The van der Waals surface area contributed by atoms with Crippen LogP contribution >= 0.6 is 0 Å². The molecule has 5 heteroatoms. The second-order valence-corrected chi connectivity index (χ2v) is 3.74. The molecule has 0 saturated carbocycles. The number of benzene rings is 1. The van der Waals surface area contributed by atoms with Gasteiger partial charge in [-0.3, -0.25) is 9.59 Å². The van der Waals surface area contributed by atoms with E-state index in [0.29, 0.717) is 11.4 Å². The third kappa shape index (κ3) is 3.88. The lowest BCUT2D eigenvalue weighted by atomic mass is 10.1. The van der Waals surface area contributed by atoms with Crippen LogP contribution in [0.25, 0.3) is 0 Å². The molecule has 0 bridgehead atoms. The predicted molar refractivity (Wildman–Crippen MR) is 68.0 cm³/mol. The Morgan fingerprint density at radius 1 is 1.18 bits per heavy atom. The van der Waals surface area contributed by atoms with Gasteiger partial charge in [-0.1, -0.05) is 6.07 Å². The summed E-state index contributed by atoms with van der Waals surface area (Å²) in [6.07, 6.45) is 0. The van der Waals surface area contributed by atoms with Gasteiger partial charge in [0.05, 0.1) is 6.54 Å². The Morgan fingerprint density at radius 3 is 2.29 bits per heavy atom. The fourth-order valence-corrected chi connectivity index (χ4v) is 1.45. The van der Waals surface area contributed by atoms with Gasteiger partial charge in [-0.2, -0.15) is 0 Å². The zero-order valence-corrected chi connectivity index (χ0v) is 10.3. The standard InChI is InChI=1S/C12H17N3O2/c1-8-10(14-9(2)16)5-4-6-11(8)15-12(17)7-13-3/h4-6,13H,7H2,1-3H3,(H,14,16)(H,15,17). The minimum Gasteiger partial charge on any atom is -0.326 e. The quantitative estimate of drug-likeness (QED) is 0.732. The van der Waals surface area contributed by atoms with Crippen molar-refractivity contribution in [2.75, 3.05) is 24.2 Å². The van der Waals surface area contributed by atoms with Crippen molar-refractivity contribution < 1.29 is 9.59 Å². The second-order valence-electron chi connectivity index (χ2n) is 3.74. The monoisotopic (exact) mass is 235 g/mol. The molecule has 5 nitrogen and oxygen atoms in total. The molecule has 0 aromatic heterocycles. The summed E-state index contributed by atoms with van der Waals surface area (Å²) < 4.78 is 0. The number of hydrogen-bond acceptors (Lipinski definition) is 3. The number of carbonyl (C=O) groups is 2. The Morgan fingerprint density at radius 2 is 1.76 bits per heavy atom. The summed E-state index contributed by atoms with van der Waals surface area (Å²) in [6, 6.07) is 5.38. The molecule has 0 heterocycles. The van der Waals surface area contributed by atoms with Gasteiger partial charge < -0.3 is 16.0 Å². The first kappa shape index (κ1) is 13.2. The van der Waals surface area contributed by atoms with Crippen LogP contribution in [0.5, 0.6) is 0 Å². The van der Waals surface area contributed by atoms with Crippen LogP contribution in [0.15, 0.2) is 18.2 Å². The zero-order valence-electron chi connectivity index (χ0n) is 10.3. The first-order valence-corrected chi connectivity index (χ1v) is 5.36. The topological polar surface area (TPSA) is 70.2 Å². The van der Waals surface area contributed by atoms with Crippen molar-refractivity contribution in [2.24, 2.45) is 0 Å². The van der Waals surface area contributed by atoms with E-state index in [9.17, 15) is 9.59 Å². The number of nitrogens with one attached hydrogen (secondary N) is 3. The Bertz CT molecular complexity index is 430. The molecule has 0 aliphatic carbocycles. The molecule has 1 aromatic rings.